The van der Waals surface area contributed by atoms with E-state index in [4.69, 9.17) is 9.15 Å². The first kappa shape index (κ1) is 13.7. The topological polar surface area (TPSA) is 34.4 Å². The molecular weight excluding hydrogens is 270 g/mol. The average molecular weight is 290 g/mol. The van der Waals surface area contributed by atoms with Crippen LogP contribution in [0.5, 0.6) is 0 Å². The van der Waals surface area contributed by atoms with Crippen LogP contribution in [-0.4, -0.2) is 18.8 Å². The summed E-state index contributed by atoms with van der Waals surface area (Å²) >= 11 is 3.30. The van der Waals surface area contributed by atoms with Crippen molar-refractivity contribution in [3.8, 4) is 0 Å². The molecule has 1 rings (SSSR count). The van der Waals surface area contributed by atoms with E-state index in [1.807, 2.05) is 19.1 Å². The van der Waals surface area contributed by atoms with Crippen LogP contribution in [-0.2, 0) is 4.74 Å². The highest BCUT2D eigenvalue weighted by Crippen LogP contribution is 2.20. The molecule has 16 heavy (non-hydrogen) atoms. The molecule has 1 N–H and O–H groups in total. The van der Waals surface area contributed by atoms with Crippen LogP contribution in [0, 0.1) is 0 Å². The Morgan fingerprint density at radius 1 is 1.50 bits per heavy atom. The highest BCUT2D eigenvalue weighted by Gasteiger charge is 2.19. The van der Waals surface area contributed by atoms with Crippen molar-refractivity contribution in [1.29, 1.82) is 0 Å². The fraction of sp³-hybridized carbons (Fsp3) is 0.667. The quantitative estimate of drug-likeness (QED) is 0.870. The molecule has 0 aliphatic carbocycles. The Labute approximate surface area is 106 Å². The van der Waals surface area contributed by atoms with Crippen LogP contribution in [0.15, 0.2) is 21.2 Å². The van der Waals surface area contributed by atoms with E-state index >= 15 is 0 Å². The maximum Gasteiger partial charge on any atom is 0.169 e. The third-order valence-electron chi connectivity index (χ3n) is 2.39. The summed E-state index contributed by atoms with van der Waals surface area (Å²) in [4.78, 5) is 0. The Balaban J connectivity index is 2.43. The Morgan fingerprint density at radius 3 is 2.69 bits per heavy atom. The molecule has 1 atom stereocenters. The van der Waals surface area contributed by atoms with Gasteiger partial charge in [0.1, 0.15) is 5.76 Å². The van der Waals surface area contributed by atoms with Crippen LogP contribution in [0.2, 0.25) is 0 Å². The first-order chi connectivity index (χ1) is 7.44. The zero-order valence-electron chi connectivity index (χ0n) is 10.3. The van der Waals surface area contributed by atoms with E-state index < -0.39 is 0 Å². The monoisotopic (exact) mass is 289 g/mol. The average Bonchev–Trinajstić information content (AvgIpc) is 2.61. The summed E-state index contributed by atoms with van der Waals surface area (Å²) in [6, 6.07) is 4.06. The standard InChI is InChI=1S/C12H20BrNO2/c1-5-15-12(3,4)8-14-9(2)10-6-7-11(13)16-10/h6-7,9,14H,5,8H2,1-4H3. The molecule has 0 saturated heterocycles. The third-order valence-corrected chi connectivity index (χ3v) is 2.82. The maximum atomic E-state index is 5.62. The van der Waals surface area contributed by atoms with E-state index in [2.05, 4.69) is 42.0 Å². The lowest BCUT2D eigenvalue weighted by molar-refractivity contribution is -0.0106. The minimum Gasteiger partial charge on any atom is -0.453 e. The van der Waals surface area contributed by atoms with Crippen molar-refractivity contribution >= 4 is 15.9 Å². The summed E-state index contributed by atoms with van der Waals surface area (Å²) in [5.41, 5.74) is -0.146. The number of ether oxygens (including phenoxy) is 1. The third kappa shape index (κ3) is 4.28. The lowest BCUT2D eigenvalue weighted by Crippen LogP contribution is -2.38. The van der Waals surface area contributed by atoms with Gasteiger partial charge in [-0.3, -0.25) is 0 Å². The van der Waals surface area contributed by atoms with Crippen LogP contribution < -0.4 is 5.32 Å². The molecule has 0 aliphatic heterocycles. The van der Waals surface area contributed by atoms with Crippen LogP contribution >= 0.6 is 15.9 Å². The molecule has 0 saturated carbocycles. The molecule has 1 aromatic rings. The van der Waals surface area contributed by atoms with Crippen molar-refractivity contribution in [3.05, 3.63) is 22.6 Å². The van der Waals surface area contributed by atoms with Crippen molar-refractivity contribution in [1.82, 2.24) is 5.32 Å². The Hall–Kier alpha value is -0.320. The fourth-order valence-corrected chi connectivity index (χ4v) is 1.82. The zero-order valence-corrected chi connectivity index (χ0v) is 11.9. The van der Waals surface area contributed by atoms with Gasteiger partial charge in [0.25, 0.3) is 0 Å². The molecule has 0 bridgehead atoms. The van der Waals surface area contributed by atoms with Gasteiger partial charge in [0, 0.05) is 13.2 Å². The molecule has 92 valence electrons. The summed E-state index contributed by atoms with van der Waals surface area (Å²) < 4.78 is 11.9. The smallest absolute Gasteiger partial charge is 0.169 e. The summed E-state index contributed by atoms with van der Waals surface area (Å²) in [6.45, 7) is 9.76. The van der Waals surface area contributed by atoms with E-state index in [0.717, 1.165) is 23.6 Å². The molecule has 0 fully saturated rings. The maximum absolute atomic E-state index is 5.62. The van der Waals surface area contributed by atoms with Crippen LogP contribution in [0.3, 0.4) is 0 Å². The summed E-state index contributed by atoms with van der Waals surface area (Å²) in [5, 5.41) is 3.40. The normalized spacial score (nSPS) is 14.1. The SMILES string of the molecule is CCOC(C)(C)CNC(C)c1ccc(Br)o1. The van der Waals surface area contributed by atoms with Crippen molar-refractivity contribution < 1.29 is 9.15 Å². The van der Waals surface area contributed by atoms with E-state index in [0.29, 0.717) is 0 Å². The van der Waals surface area contributed by atoms with Gasteiger partial charge in [0.15, 0.2) is 4.67 Å². The molecule has 1 aromatic heterocycles. The van der Waals surface area contributed by atoms with Crippen LogP contribution in [0.1, 0.15) is 39.5 Å². The van der Waals surface area contributed by atoms with Gasteiger partial charge in [-0.15, -0.1) is 0 Å². The van der Waals surface area contributed by atoms with Crippen molar-refractivity contribution in [2.24, 2.45) is 0 Å². The second-order valence-corrected chi connectivity index (χ2v) is 5.22. The van der Waals surface area contributed by atoms with Gasteiger partial charge >= 0.3 is 0 Å². The van der Waals surface area contributed by atoms with Gasteiger partial charge in [-0.25, -0.2) is 0 Å². The number of hydrogen-bond acceptors (Lipinski definition) is 3. The number of furan rings is 1. The summed E-state index contributed by atoms with van der Waals surface area (Å²) in [5.74, 6) is 0.930. The van der Waals surface area contributed by atoms with Crippen molar-refractivity contribution in [2.45, 2.75) is 39.3 Å². The Bertz CT molecular complexity index is 323. The Morgan fingerprint density at radius 2 is 2.19 bits per heavy atom. The lowest BCUT2D eigenvalue weighted by atomic mass is 10.1. The highest BCUT2D eigenvalue weighted by atomic mass is 79.9. The van der Waals surface area contributed by atoms with E-state index in [9.17, 15) is 0 Å². The van der Waals surface area contributed by atoms with Gasteiger partial charge in [-0.2, -0.15) is 0 Å². The van der Waals surface area contributed by atoms with E-state index in [1.165, 1.54) is 0 Å². The molecule has 1 unspecified atom stereocenters. The first-order valence-electron chi connectivity index (χ1n) is 5.57. The number of rotatable bonds is 6. The minimum atomic E-state index is -0.146. The second kappa shape index (κ2) is 5.84. The molecule has 0 spiro atoms. The predicted molar refractivity (Wildman–Crippen MR) is 68.5 cm³/mol. The van der Waals surface area contributed by atoms with Gasteiger partial charge in [-0.05, 0) is 55.8 Å². The number of halogens is 1. The Kier molecular flexibility index (Phi) is 5.02. The molecule has 0 aliphatic rings. The molecule has 0 aromatic carbocycles. The molecule has 3 nitrogen and oxygen atoms in total. The highest BCUT2D eigenvalue weighted by molar-refractivity contribution is 9.10. The largest absolute Gasteiger partial charge is 0.453 e. The lowest BCUT2D eigenvalue weighted by Gasteiger charge is -2.26. The molecule has 1 heterocycles. The molecule has 0 amide bonds. The second-order valence-electron chi connectivity index (χ2n) is 4.44. The predicted octanol–water partition coefficient (Wildman–Crippen LogP) is 3.51. The number of hydrogen-bond donors (Lipinski definition) is 1. The number of nitrogens with one attached hydrogen (secondary N) is 1. The summed E-state index contributed by atoms with van der Waals surface area (Å²) in [7, 11) is 0. The summed E-state index contributed by atoms with van der Waals surface area (Å²) in [6.07, 6.45) is 0. The van der Waals surface area contributed by atoms with Gasteiger partial charge < -0.3 is 14.5 Å². The van der Waals surface area contributed by atoms with Crippen molar-refractivity contribution in [2.75, 3.05) is 13.2 Å². The van der Waals surface area contributed by atoms with Gasteiger partial charge in [0.05, 0.1) is 11.6 Å². The fourth-order valence-electron chi connectivity index (χ4n) is 1.50. The van der Waals surface area contributed by atoms with Gasteiger partial charge in [-0.1, -0.05) is 0 Å². The first-order valence-corrected chi connectivity index (χ1v) is 6.36. The zero-order chi connectivity index (χ0) is 12.2. The van der Waals surface area contributed by atoms with Crippen molar-refractivity contribution in [3.63, 3.8) is 0 Å². The minimum absolute atomic E-state index is 0.146. The molecule has 0 radical (unpaired) electrons. The van der Waals surface area contributed by atoms with E-state index in [-0.39, 0.29) is 11.6 Å². The van der Waals surface area contributed by atoms with Crippen LogP contribution in [0.4, 0.5) is 0 Å². The van der Waals surface area contributed by atoms with Gasteiger partial charge in [0.2, 0.25) is 0 Å². The molecule has 4 heteroatoms. The van der Waals surface area contributed by atoms with Crippen LogP contribution in [0.25, 0.3) is 0 Å². The molecular formula is C12H20BrNO2. The van der Waals surface area contributed by atoms with E-state index in [1.54, 1.807) is 0 Å².